The second-order valence-electron chi connectivity index (χ2n) is 7.54. The summed E-state index contributed by atoms with van der Waals surface area (Å²) in [7, 11) is 0. The van der Waals surface area contributed by atoms with Gasteiger partial charge in [-0.1, -0.05) is 12.1 Å². The Morgan fingerprint density at radius 2 is 2.05 bits per heavy atom. The van der Waals surface area contributed by atoms with Gasteiger partial charge < -0.3 is 10.4 Å². The number of carbonyl (C=O) groups is 1. The van der Waals surface area contributed by atoms with Crippen molar-refractivity contribution >= 4 is 5.91 Å². The monoisotopic (exact) mass is 302 g/mol. The van der Waals surface area contributed by atoms with Crippen molar-refractivity contribution in [3.63, 3.8) is 0 Å². The summed E-state index contributed by atoms with van der Waals surface area (Å²) in [6.07, 6.45) is 4.64. The molecule has 4 heteroatoms. The lowest BCUT2D eigenvalue weighted by molar-refractivity contribution is -0.124. The van der Waals surface area contributed by atoms with E-state index in [0.717, 1.165) is 24.4 Å². The lowest BCUT2D eigenvalue weighted by Crippen LogP contribution is -2.50. The molecule has 2 atom stereocenters. The van der Waals surface area contributed by atoms with Crippen molar-refractivity contribution in [2.24, 2.45) is 5.92 Å². The number of nitrogens with zero attached hydrogens (tertiary/aromatic N) is 1. The summed E-state index contributed by atoms with van der Waals surface area (Å²) in [6.45, 7) is 5.72. The fraction of sp³-hybridized carbons (Fsp3) is 0.611. The number of benzene rings is 1. The van der Waals surface area contributed by atoms with Gasteiger partial charge >= 0.3 is 0 Å². The highest BCUT2D eigenvalue weighted by molar-refractivity contribution is 5.79. The molecule has 120 valence electrons. The second kappa shape index (κ2) is 5.92. The van der Waals surface area contributed by atoms with Crippen LogP contribution in [0, 0.1) is 5.92 Å². The maximum Gasteiger partial charge on any atom is 0.234 e. The van der Waals surface area contributed by atoms with E-state index in [2.05, 4.69) is 10.2 Å². The Hall–Kier alpha value is -1.55. The molecule has 2 N–H and O–H groups in total. The number of amides is 1. The first kappa shape index (κ1) is 15.3. The second-order valence-corrected chi connectivity index (χ2v) is 7.54. The SMILES string of the molecule is CC(C)(Cc1ccc(O)cc1)NC(=O)CN1CC2CCC1C2. The van der Waals surface area contributed by atoms with Crippen LogP contribution in [0.25, 0.3) is 0 Å². The van der Waals surface area contributed by atoms with Gasteiger partial charge in [-0.05, 0) is 63.1 Å². The molecule has 1 amide bonds. The highest BCUT2D eigenvalue weighted by Gasteiger charge is 2.38. The van der Waals surface area contributed by atoms with E-state index >= 15 is 0 Å². The normalized spacial score (nSPS) is 24.6. The Morgan fingerprint density at radius 3 is 2.64 bits per heavy atom. The van der Waals surface area contributed by atoms with E-state index in [1.807, 2.05) is 26.0 Å². The highest BCUT2D eigenvalue weighted by atomic mass is 16.3. The molecule has 3 rings (SSSR count). The van der Waals surface area contributed by atoms with E-state index in [1.165, 1.54) is 19.3 Å². The molecule has 2 fully saturated rings. The summed E-state index contributed by atoms with van der Waals surface area (Å²) in [6, 6.07) is 7.82. The maximum atomic E-state index is 12.3. The minimum absolute atomic E-state index is 0.122. The lowest BCUT2D eigenvalue weighted by atomic mass is 9.95. The number of hydrogen-bond donors (Lipinski definition) is 2. The number of hydrogen-bond acceptors (Lipinski definition) is 3. The van der Waals surface area contributed by atoms with Crippen molar-refractivity contribution in [3.05, 3.63) is 29.8 Å². The van der Waals surface area contributed by atoms with Gasteiger partial charge in [0, 0.05) is 18.1 Å². The average molecular weight is 302 g/mol. The van der Waals surface area contributed by atoms with Crippen molar-refractivity contribution in [2.75, 3.05) is 13.1 Å². The Morgan fingerprint density at radius 1 is 1.32 bits per heavy atom. The van der Waals surface area contributed by atoms with Crippen LogP contribution in [-0.2, 0) is 11.2 Å². The minimum Gasteiger partial charge on any atom is -0.508 e. The number of carbonyl (C=O) groups excluding carboxylic acids is 1. The molecule has 0 radical (unpaired) electrons. The van der Waals surface area contributed by atoms with Crippen LogP contribution in [0.4, 0.5) is 0 Å². The lowest BCUT2D eigenvalue weighted by Gasteiger charge is -2.30. The Bertz CT molecular complexity index is 539. The van der Waals surface area contributed by atoms with Gasteiger partial charge in [0.1, 0.15) is 5.75 Å². The molecule has 1 aromatic carbocycles. The highest BCUT2D eigenvalue weighted by Crippen LogP contribution is 2.36. The summed E-state index contributed by atoms with van der Waals surface area (Å²) in [5.41, 5.74) is 0.829. The topological polar surface area (TPSA) is 52.6 Å². The molecule has 2 unspecified atom stereocenters. The standard InChI is InChI=1S/C18H26N2O2/c1-18(2,10-13-4-7-16(21)8-5-13)19-17(22)12-20-11-14-3-6-15(20)9-14/h4-5,7-8,14-15,21H,3,6,9-12H2,1-2H3,(H,19,22). The van der Waals surface area contributed by atoms with E-state index in [0.29, 0.717) is 12.6 Å². The molecule has 2 aliphatic rings. The molecule has 4 nitrogen and oxygen atoms in total. The third-order valence-electron chi connectivity index (χ3n) is 4.93. The summed E-state index contributed by atoms with van der Waals surface area (Å²) in [5.74, 6) is 1.22. The fourth-order valence-corrected chi connectivity index (χ4v) is 3.99. The van der Waals surface area contributed by atoms with Crippen molar-refractivity contribution in [2.45, 2.75) is 51.1 Å². The molecule has 1 saturated heterocycles. The van der Waals surface area contributed by atoms with Crippen molar-refractivity contribution in [3.8, 4) is 5.75 Å². The first-order chi connectivity index (χ1) is 10.4. The molecule has 1 aliphatic heterocycles. The molecule has 22 heavy (non-hydrogen) atoms. The van der Waals surface area contributed by atoms with Gasteiger partial charge in [-0.15, -0.1) is 0 Å². The van der Waals surface area contributed by atoms with Gasteiger partial charge in [-0.25, -0.2) is 0 Å². The Balaban J connectivity index is 1.52. The van der Waals surface area contributed by atoms with Gasteiger partial charge in [0.25, 0.3) is 0 Å². The van der Waals surface area contributed by atoms with E-state index in [9.17, 15) is 9.90 Å². The van der Waals surface area contributed by atoms with Gasteiger partial charge in [0.2, 0.25) is 5.91 Å². The van der Waals surface area contributed by atoms with Crippen LogP contribution >= 0.6 is 0 Å². The molecule has 1 aliphatic carbocycles. The van der Waals surface area contributed by atoms with Crippen LogP contribution in [0.1, 0.15) is 38.7 Å². The van der Waals surface area contributed by atoms with Crippen LogP contribution in [0.2, 0.25) is 0 Å². The van der Waals surface area contributed by atoms with E-state index in [-0.39, 0.29) is 17.2 Å². The smallest absolute Gasteiger partial charge is 0.234 e. The molecule has 0 aromatic heterocycles. The molecule has 1 heterocycles. The van der Waals surface area contributed by atoms with Gasteiger partial charge in [-0.3, -0.25) is 9.69 Å². The summed E-state index contributed by atoms with van der Waals surface area (Å²) >= 11 is 0. The number of nitrogens with one attached hydrogen (secondary N) is 1. The number of piperidine rings is 1. The van der Waals surface area contributed by atoms with Gasteiger partial charge in [-0.2, -0.15) is 0 Å². The molecule has 1 aromatic rings. The number of phenolic OH excluding ortho intramolecular Hbond substituents is 1. The van der Waals surface area contributed by atoms with E-state index < -0.39 is 0 Å². The number of rotatable bonds is 5. The number of aromatic hydroxyl groups is 1. The molecule has 2 bridgehead atoms. The minimum atomic E-state index is -0.285. The van der Waals surface area contributed by atoms with Crippen molar-refractivity contribution in [1.82, 2.24) is 10.2 Å². The number of likely N-dealkylation sites (tertiary alicyclic amines) is 1. The predicted octanol–water partition coefficient (Wildman–Crippen LogP) is 2.31. The summed E-state index contributed by atoms with van der Waals surface area (Å²) in [4.78, 5) is 14.7. The van der Waals surface area contributed by atoms with Crippen LogP contribution < -0.4 is 5.32 Å². The van der Waals surface area contributed by atoms with Crippen LogP contribution in [0.3, 0.4) is 0 Å². The predicted molar refractivity (Wildman–Crippen MR) is 86.7 cm³/mol. The van der Waals surface area contributed by atoms with Crippen LogP contribution in [0.15, 0.2) is 24.3 Å². The zero-order chi connectivity index (χ0) is 15.7. The van der Waals surface area contributed by atoms with E-state index in [4.69, 9.17) is 0 Å². The van der Waals surface area contributed by atoms with Crippen molar-refractivity contribution in [1.29, 1.82) is 0 Å². The van der Waals surface area contributed by atoms with Crippen LogP contribution in [-0.4, -0.2) is 40.6 Å². The summed E-state index contributed by atoms with van der Waals surface area (Å²) in [5, 5.41) is 12.5. The van der Waals surface area contributed by atoms with E-state index in [1.54, 1.807) is 12.1 Å². The molecule has 0 spiro atoms. The zero-order valence-electron chi connectivity index (χ0n) is 13.5. The quantitative estimate of drug-likeness (QED) is 0.877. The molecular formula is C18H26N2O2. The largest absolute Gasteiger partial charge is 0.508 e. The maximum absolute atomic E-state index is 12.3. The Kier molecular flexibility index (Phi) is 4.13. The third kappa shape index (κ3) is 3.61. The molecular weight excluding hydrogens is 276 g/mol. The van der Waals surface area contributed by atoms with Gasteiger partial charge in [0.15, 0.2) is 0 Å². The Labute approximate surface area is 132 Å². The number of fused-ring (bicyclic) bond motifs is 2. The third-order valence-corrected chi connectivity index (χ3v) is 4.93. The van der Waals surface area contributed by atoms with Gasteiger partial charge in [0.05, 0.1) is 6.54 Å². The first-order valence-corrected chi connectivity index (χ1v) is 8.24. The molecule has 1 saturated carbocycles. The summed E-state index contributed by atoms with van der Waals surface area (Å²) < 4.78 is 0. The first-order valence-electron chi connectivity index (χ1n) is 8.24. The van der Waals surface area contributed by atoms with Crippen molar-refractivity contribution < 1.29 is 9.90 Å². The zero-order valence-corrected chi connectivity index (χ0v) is 13.5. The van der Waals surface area contributed by atoms with Crippen LogP contribution in [0.5, 0.6) is 5.75 Å². The fourth-order valence-electron chi connectivity index (χ4n) is 3.99. The average Bonchev–Trinajstić information content (AvgIpc) is 3.02. The number of phenols is 1.